The summed E-state index contributed by atoms with van der Waals surface area (Å²) in [6.07, 6.45) is 0.942. The Morgan fingerprint density at radius 2 is 1.50 bits per heavy atom. The molecule has 0 aliphatic carbocycles. The molecule has 0 aromatic heterocycles. The topological polar surface area (TPSA) is 72.6 Å². The molecule has 0 amide bonds. The van der Waals surface area contributed by atoms with E-state index in [-0.39, 0.29) is 10.9 Å². The first-order valence-electron chi connectivity index (χ1n) is 9.53. The monoisotopic (exact) mass is 404 g/mol. The maximum Gasteiger partial charge on any atom is 0.240 e. The molecule has 6 nitrogen and oxygen atoms in total. The second-order valence-electron chi connectivity index (χ2n) is 9.23. The van der Waals surface area contributed by atoms with E-state index in [2.05, 4.69) is 4.72 Å². The Balaban J connectivity index is 1.87. The van der Waals surface area contributed by atoms with Gasteiger partial charge in [-0.05, 0) is 75.6 Å². The third-order valence-electron chi connectivity index (χ3n) is 5.54. The zero-order valence-electron chi connectivity index (χ0n) is 17.5. The van der Waals surface area contributed by atoms with Crippen molar-refractivity contribution in [2.45, 2.75) is 62.6 Å². The van der Waals surface area contributed by atoms with Crippen LogP contribution in [-0.2, 0) is 15.2 Å². The lowest BCUT2D eigenvalue weighted by molar-refractivity contribution is -0.289. The Morgan fingerprint density at radius 3 is 2.07 bits per heavy atom. The zero-order chi connectivity index (χ0) is 20.9. The highest BCUT2D eigenvalue weighted by atomic mass is 32.2. The molecule has 28 heavy (non-hydrogen) atoms. The maximum atomic E-state index is 13.0. The van der Waals surface area contributed by atoms with E-state index in [4.69, 9.17) is 0 Å². The van der Waals surface area contributed by atoms with Crippen LogP contribution in [0.1, 0.15) is 40.5 Å². The summed E-state index contributed by atoms with van der Waals surface area (Å²) in [6, 6.07) is 10.8. The van der Waals surface area contributed by atoms with Gasteiger partial charge >= 0.3 is 0 Å². The fourth-order valence-corrected chi connectivity index (χ4v) is 5.56. The molecule has 0 unspecified atom stereocenters. The van der Waals surface area contributed by atoms with Gasteiger partial charge in [0.05, 0.1) is 4.90 Å². The summed E-state index contributed by atoms with van der Waals surface area (Å²) in [5.41, 5.74) is -0.183. The van der Waals surface area contributed by atoms with E-state index in [1.165, 1.54) is 0 Å². The second-order valence-corrected chi connectivity index (χ2v) is 10.9. The number of sulfonamides is 1. The summed E-state index contributed by atoms with van der Waals surface area (Å²) < 4.78 is 28.9. The van der Waals surface area contributed by atoms with Crippen molar-refractivity contribution in [3.63, 3.8) is 0 Å². The second kappa shape index (κ2) is 6.99. The van der Waals surface area contributed by atoms with Gasteiger partial charge in [-0.25, -0.2) is 13.1 Å². The van der Waals surface area contributed by atoms with Gasteiger partial charge in [0, 0.05) is 36.9 Å². The summed E-state index contributed by atoms with van der Waals surface area (Å²) in [6.45, 7) is 7.45. The molecular weight excluding hydrogens is 374 g/mol. The maximum absolute atomic E-state index is 13.0. The Morgan fingerprint density at radius 1 is 0.964 bits per heavy atom. The van der Waals surface area contributed by atoms with Crippen molar-refractivity contribution in [3.8, 4) is 0 Å². The Kier molecular flexibility index (Phi) is 5.25. The quantitative estimate of drug-likeness (QED) is 0.846. The van der Waals surface area contributed by atoms with Gasteiger partial charge in [-0.2, -0.15) is 0 Å². The van der Waals surface area contributed by atoms with Crippen LogP contribution in [0.5, 0.6) is 0 Å². The highest BCUT2D eigenvalue weighted by Crippen LogP contribution is 2.37. The number of rotatable bonds is 4. The number of nitrogens with zero attached hydrogens (tertiary/aromatic N) is 2. The number of hydrogen-bond donors (Lipinski definition) is 1. The van der Waals surface area contributed by atoms with Crippen LogP contribution in [0, 0.1) is 0 Å². The van der Waals surface area contributed by atoms with Gasteiger partial charge in [0.2, 0.25) is 10.0 Å². The molecule has 0 saturated carbocycles. The minimum atomic E-state index is -3.68. The Bertz CT molecular complexity index is 966. The molecule has 0 bridgehead atoms. The fraction of sp³-hybridized carbons (Fsp3) is 0.524. The van der Waals surface area contributed by atoms with Gasteiger partial charge in [0.15, 0.2) is 0 Å². The number of nitrogens with one attached hydrogen (secondary N) is 1. The minimum Gasteiger partial charge on any atom is -0.378 e. The van der Waals surface area contributed by atoms with Crippen molar-refractivity contribution < 1.29 is 13.6 Å². The van der Waals surface area contributed by atoms with Crippen LogP contribution in [0.2, 0.25) is 0 Å². The number of fused-ring (bicyclic) bond motifs is 1. The normalized spacial score (nSPS) is 20.4. The molecule has 0 atom stereocenters. The van der Waals surface area contributed by atoms with Gasteiger partial charge in [-0.15, -0.1) is 10.3 Å². The van der Waals surface area contributed by atoms with Gasteiger partial charge in [-0.3, -0.25) is 0 Å². The number of benzene rings is 2. The average molecular weight is 405 g/mol. The SMILES string of the molecule is CN(C)c1ccc2cc(S(=O)(=O)NC3CC(C)(C)N([O])C(C)(C)C3)ccc2c1. The summed E-state index contributed by atoms with van der Waals surface area (Å²) in [4.78, 5) is 2.26. The van der Waals surface area contributed by atoms with E-state index in [0.717, 1.165) is 21.5 Å². The molecule has 1 aliphatic rings. The third-order valence-corrected chi connectivity index (χ3v) is 7.05. The largest absolute Gasteiger partial charge is 0.378 e. The molecule has 7 heteroatoms. The molecule has 2 aromatic rings. The summed E-state index contributed by atoms with van der Waals surface area (Å²) in [5.74, 6) is 0. The van der Waals surface area contributed by atoms with E-state index in [1.807, 2.05) is 71.0 Å². The molecule has 1 radical (unpaired) electrons. The lowest BCUT2D eigenvalue weighted by Gasteiger charge is -2.49. The summed E-state index contributed by atoms with van der Waals surface area (Å²) >= 11 is 0. The molecule has 153 valence electrons. The first-order chi connectivity index (χ1) is 12.8. The zero-order valence-corrected chi connectivity index (χ0v) is 18.3. The smallest absolute Gasteiger partial charge is 0.240 e. The highest BCUT2D eigenvalue weighted by molar-refractivity contribution is 7.89. The number of piperidine rings is 1. The van der Waals surface area contributed by atoms with Crippen molar-refractivity contribution in [3.05, 3.63) is 36.4 Å². The van der Waals surface area contributed by atoms with Crippen LogP contribution in [0.3, 0.4) is 0 Å². The van der Waals surface area contributed by atoms with Crippen LogP contribution in [-0.4, -0.2) is 44.7 Å². The Labute approximate surface area is 168 Å². The molecule has 1 fully saturated rings. The standard InChI is InChI=1S/C21H30N3O3S/c1-20(2)13-17(14-21(3,4)24(20)25)22-28(26,27)19-10-8-15-11-18(23(5)6)9-7-16(15)12-19/h7-12,17,22H,13-14H2,1-6H3. The van der Waals surface area contributed by atoms with Crippen molar-refractivity contribution >= 4 is 26.5 Å². The van der Waals surface area contributed by atoms with Crippen LogP contribution in [0.4, 0.5) is 5.69 Å². The van der Waals surface area contributed by atoms with E-state index < -0.39 is 21.1 Å². The first-order valence-corrected chi connectivity index (χ1v) is 11.0. The van der Waals surface area contributed by atoms with Gasteiger partial charge in [0.25, 0.3) is 0 Å². The molecule has 1 aliphatic heterocycles. The van der Waals surface area contributed by atoms with Crippen molar-refractivity contribution in [2.75, 3.05) is 19.0 Å². The molecular formula is C21H30N3O3S. The first kappa shape index (κ1) is 21.0. The molecule has 0 spiro atoms. The summed E-state index contributed by atoms with van der Waals surface area (Å²) in [7, 11) is 0.268. The van der Waals surface area contributed by atoms with Crippen molar-refractivity contribution in [1.82, 2.24) is 9.79 Å². The molecule has 1 heterocycles. The van der Waals surface area contributed by atoms with Gasteiger partial charge < -0.3 is 4.90 Å². The highest BCUT2D eigenvalue weighted by Gasteiger charge is 2.47. The number of hydrogen-bond acceptors (Lipinski definition) is 4. The van der Waals surface area contributed by atoms with Crippen molar-refractivity contribution in [1.29, 1.82) is 0 Å². The van der Waals surface area contributed by atoms with E-state index >= 15 is 0 Å². The summed E-state index contributed by atoms with van der Waals surface area (Å²) in [5, 5.41) is 15.5. The van der Waals surface area contributed by atoms with Crippen LogP contribution in [0.25, 0.3) is 10.8 Å². The third kappa shape index (κ3) is 4.03. The number of hydroxylamine groups is 2. The van der Waals surface area contributed by atoms with Crippen LogP contribution in [0.15, 0.2) is 41.3 Å². The predicted molar refractivity (Wildman–Crippen MR) is 112 cm³/mol. The van der Waals surface area contributed by atoms with Crippen LogP contribution < -0.4 is 9.62 Å². The Hall–Kier alpha value is -1.67. The van der Waals surface area contributed by atoms with Crippen molar-refractivity contribution in [2.24, 2.45) is 0 Å². The van der Waals surface area contributed by atoms with E-state index in [1.54, 1.807) is 12.1 Å². The fourth-order valence-electron chi connectivity index (χ4n) is 4.29. The lowest BCUT2D eigenvalue weighted by Crippen LogP contribution is -2.62. The van der Waals surface area contributed by atoms with Gasteiger partial charge in [-0.1, -0.05) is 12.1 Å². The number of anilines is 1. The van der Waals surface area contributed by atoms with Gasteiger partial charge in [0.1, 0.15) is 0 Å². The van der Waals surface area contributed by atoms with E-state index in [9.17, 15) is 13.6 Å². The average Bonchev–Trinajstić information content (AvgIpc) is 2.57. The van der Waals surface area contributed by atoms with E-state index in [0.29, 0.717) is 12.8 Å². The molecule has 3 rings (SSSR count). The minimum absolute atomic E-state index is 0.248. The molecule has 1 N–H and O–H groups in total. The van der Waals surface area contributed by atoms with Crippen LogP contribution >= 0.6 is 0 Å². The predicted octanol–water partition coefficient (Wildman–Crippen LogP) is 3.55. The molecule has 2 aromatic carbocycles. The lowest BCUT2D eigenvalue weighted by atomic mass is 9.79. The molecule has 1 saturated heterocycles.